The Balaban J connectivity index is 1.92. The summed E-state index contributed by atoms with van der Waals surface area (Å²) in [4.78, 5) is 1.93. The average molecular weight is 323 g/mol. The molecule has 0 bridgehead atoms. The highest BCUT2D eigenvalue weighted by Gasteiger charge is 2.14. The Morgan fingerprint density at radius 2 is 1.38 bits per heavy atom. The molecule has 0 amide bonds. The van der Waals surface area contributed by atoms with Gasteiger partial charge in [0.15, 0.2) is 0 Å². The molecule has 0 saturated heterocycles. The van der Waals surface area contributed by atoms with Crippen LogP contribution in [-0.4, -0.2) is 0 Å². The normalized spacial score (nSPS) is 10.6. The zero-order valence-corrected chi connectivity index (χ0v) is 13.5. The van der Waals surface area contributed by atoms with E-state index in [1.165, 1.54) is 17.7 Å². The summed E-state index contributed by atoms with van der Waals surface area (Å²) in [5.41, 5.74) is 3.75. The lowest BCUT2D eigenvalue weighted by Crippen LogP contribution is -2.23. The zero-order valence-electron chi connectivity index (χ0n) is 13.5. The summed E-state index contributed by atoms with van der Waals surface area (Å²) in [5, 5.41) is 0. The van der Waals surface area contributed by atoms with Crippen LogP contribution < -0.4 is 4.90 Å². The monoisotopic (exact) mass is 323 g/mol. The van der Waals surface area contributed by atoms with E-state index in [1.807, 2.05) is 66.4 Å². The molecule has 0 unspecified atom stereocenters. The molecule has 0 fully saturated rings. The highest BCUT2D eigenvalue weighted by atomic mass is 19.1. The predicted molar refractivity (Wildman–Crippen MR) is 93.9 cm³/mol. The molecule has 3 rings (SSSR count). The second-order valence-electron chi connectivity index (χ2n) is 5.92. The van der Waals surface area contributed by atoms with Crippen LogP contribution in [0.2, 0.25) is 0 Å². The van der Waals surface area contributed by atoms with Gasteiger partial charge < -0.3 is 4.90 Å². The summed E-state index contributed by atoms with van der Waals surface area (Å²) >= 11 is 0. The third-order valence-corrected chi connectivity index (χ3v) is 3.96. The van der Waals surface area contributed by atoms with E-state index in [9.17, 15) is 8.78 Å². The largest absolute Gasteiger partial charge is 0.361 e. The van der Waals surface area contributed by atoms with Crippen LogP contribution in [0, 0.1) is 18.6 Å². The Bertz CT molecular complexity index is 798. The second-order valence-corrected chi connectivity index (χ2v) is 5.92. The first-order valence-corrected chi connectivity index (χ1v) is 7.91. The van der Waals surface area contributed by atoms with Crippen LogP contribution in [0.5, 0.6) is 0 Å². The van der Waals surface area contributed by atoms with E-state index in [1.54, 1.807) is 0 Å². The molecule has 0 heterocycles. The molecule has 3 aromatic rings. The first-order chi connectivity index (χ1) is 11.6. The fraction of sp³-hybridized carbons (Fsp3) is 0.143. The molecule has 3 aromatic carbocycles. The fourth-order valence-corrected chi connectivity index (χ4v) is 2.68. The number of benzene rings is 3. The summed E-state index contributed by atoms with van der Waals surface area (Å²) < 4.78 is 27.5. The molecule has 24 heavy (non-hydrogen) atoms. The van der Waals surface area contributed by atoms with Crippen molar-refractivity contribution in [1.82, 2.24) is 0 Å². The van der Waals surface area contributed by atoms with Gasteiger partial charge in [0.25, 0.3) is 0 Å². The Kier molecular flexibility index (Phi) is 4.90. The number of halogens is 2. The van der Waals surface area contributed by atoms with E-state index in [-0.39, 0.29) is 0 Å². The highest BCUT2D eigenvalue weighted by molar-refractivity contribution is 5.49. The number of aryl methyl sites for hydroxylation is 1. The third-order valence-electron chi connectivity index (χ3n) is 3.96. The van der Waals surface area contributed by atoms with E-state index in [2.05, 4.69) is 0 Å². The van der Waals surface area contributed by atoms with Crippen molar-refractivity contribution in [3.63, 3.8) is 0 Å². The van der Waals surface area contributed by atoms with E-state index >= 15 is 0 Å². The summed E-state index contributed by atoms with van der Waals surface area (Å²) in [6, 6.07) is 21.8. The number of nitrogens with zero attached hydrogens (tertiary/aromatic N) is 1. The number of hydrogen-bond donors (Lipinski definition) is 0. The molecule has 3 heteroatoms. The van der Waals surface area contributed by atoms with Gasteiger partial charge in [0.2, 0.25) is 0 Å². The van der Waals surface area contributed by atoms with Gasteiger partial charge in [0.05, 0.1) is 5.69 Å². The SMILES string of the molecule is Cc1ccc(CN(Cc2ccccc2)c2ccc(F)cc2F)cc1. The minimum atomic E-state index is -0.564. The Morgan fingerprint density at radius 1 is 0.750 bits per heavy atom. The molecule has 1 nitrogen and oxygen atoms in total. The smallest absolute Gasteiger partial charge is 0.149 e. The van der Waals surface area contributed by atoms with Gasteiger partial charge in [-0.05, 0) is 30.2 Å². The summed E-state index contributed by atoms with van der Waals surface area (Å²) in [5.74, 6) is -1.11. The van der Waals surface area contributed by atoms with Crippen molar-refractivity contribution < 1.29 is 8.78 Å². The van der Waals surface area contributed by atoms with Gasteiger partial charge in [0.1, 0.15) is 11.6 Å². The van der Waals surface area contributed by atoms with Crippen molar-refractivity contribution in [3.8, 4) is 0 Å². The van der Waals surface area contributed by atoms with Crippen LogP contribution >= 0.6 is 0 Å². The molecule has 0 saturated carbocycles. The van der Waals surface area contributed by atoms with Crippen LogP contribution in [0.25, 0.3) is 0 Å². The molecular formula is C21H19F2N. The van der Waals surface area contributed by atoms with E-state index in [0.29, 0.717) is 18.8 Å². The lowest BCUT2D eigenvalue weighted by molar-refractivity contribution is 0.577. The van der Waals surface area contributed by atoms with Gasteiger partial charge in [-0.2, -0.15) is 0 Å². The van der Waals surface area contributed by atoms with E-state index < -0.39 is 11.6 Å². The Hall–Kier alpha value is -2.68. The van der Waals surface area contributed by atoms with Crippen molar-refractivity contribution in [2.75, 3.05) is 4.90 Å². The van der Waals surface area contributed by atoms with Crippen molar-refractivity contribution >= 4 is 5.69 Å². The topological polar surface area (TPSA) is 3.24 Å². The number of anilines is 1. The minimum Gasteiger partial charge on any atom is -0.361 e. The van der Waals surface area contributed by atoms with Gasteiger partial charge in [-0.15, -0.1) is 0 Å². The van der Waals surface area contributed by atoms with E-state index in [0.717, 1.165) is 17.2 Å². The van der Waals surface area contributed by atoms with Gasteiger partial charge in [0, 0.05) is 19.2 Å². The van der Waals surface area contributed by atoms with Crippen molar-refractivity contribution in [2.45, 2.75) is 20.0 Å². The van der Waals surface area contributed by atoms with Crippen molar-refractivity contribution in [3.05, 3.63) is 101 Å². The second kappa shape index (κ2) is 7.26. The summed E-state index contributed by atoms with van der Waals surface area (Å²) in [6.07, 6.45) is 0. The number of rotatable bonds is 5. The standard InChI is InChI=1S/C21H19F2N/c1-16-7-9-18(10-8-16)15-24(14-17-5-3-2-4-6-17)21-12-11-19(22)13-20(21)23/h2-13H,14-15H2,1H3. The van der Waals surface area contributed by atoms with Gasteiger partial charge in [-0.3, -0.25) is 0 Å². The maximum atomic E-state index is 14.3. The lowest BCUT2D eigenvalue weighted by Gasteiger charge is -2.26. The first kappa shape index (κ1) is 16.2. The van der Waals surface area contributed by atoms with Gasteiger partial charge in [-0.1, -0.05) is 60.2 Å². The Labute approximate surface area is 141 Å². The maximum Gasteiger partial charge on any atom is 0.149 e. The quantitative estimate of drug-likeness (QED) is 0.601. The Morgan fingerprint density at radius 3 is 2.00 bits per heavy atom. The van der Waals surface area contributed by atoms with Crippen LogP contribution in [0.1, 0.15) is 16.7 Å². The molecule has 0 aliphatic rings. The lowest BCUT2D eigenvalue weighted by atomic mass is 10.1. The molecule has 0 N–H and O–H groups in total. The zero-order chi connectivity index (χ0) is 16.9. The van der Waals surface area contributed by atoms with Crippen LogP contribution in [0.4, 0.5) is 14.5 Å². The summed E-state index contributed by atoms with van der Waals surface area (Å²) in [6.45, 7) is 3.14. The fourth-order valence-electron chi connectivity index (χ4n) is 2.68. The minimum absolute atomic E-state index is 0.404. The molecule has 122 valence electrons. The molecule has 0 aliphatic carbocycles. The van der Waals surface area contributed by atoms with E-state index in [4.69, 9.17) is 0 Å². The predicted octanol–water partition coefficient (Wildman–Crippen LogP) is 5.48. The number of hydrogen-bond acceptors (Lipinski definition) is 1. The summed E-state index contributed by atoms with van der Waals surface area (Å²) in [7, 11) is 0. The van der Waals surface area contributed by atoms with Crippen molar-refractivity contribution in [2.24, 2.45) is 0 Å². The van der Waals surface area contributed by atoms with Crippen LogP contribution in [0.15, 0.2) is 72.8 Å². The van der Waals surface area contributed by atoms with Crippen LogP contribution in [0.3, 0.4) is 0 Å². The third kappa shape index (κ3) is 3.99. The maximum absolute atomic E-state index is 14.3. The molecule has 0 aliphatic heterocycles. The van der Waals surface area contributed by atoms with Crippen LogP contribution in [-0.2, 0) is 13.1 Å². The molecule has 0 spiro atoms. The molecule has 0 aromatic heterocycles. The van der Waals surface area contributed by atoms with Gasteiger partial charge in [-0.25, -0.2) is 8.78 Å². The molecule has 0 atom stereocenters. The first-order valence-electron chi connectivity index (χ1n) is 7.91. The average Bonchev–Trinajstić information content (AvgIpc) is 2.57. The van der Waals surface area contributed by atoms with Gasteiger partial charge >= 0.3 is 0 Å². The highest BCUT2D eigenvalue weighted by Crippen LogP contribution is 2.24. The van der Waals surface area contributed by atoms with Crippen molar-refractivity contribution in [1.29, 1.82) is 0 Å². The molecule has 0 radical (unpaired) electrons. The molecular weight excluding hydrogens is 304 g/mol.